The highest BCUT2D eigenvalue weighted by atomic mass is 32.2. The maximum absolute atomic E-state index is 11.5. The molecule has 1 N–H and O–H groups in total. The minimum absolute atomic E-state index is 0.117. The van der Waals surface area contributed by atoms with E-state index in [1.165, 1.54) is 6.26 Å². The molecule has 2 unspecified atom stereocenters. The highest BCUT2D eigenvalue weighted by Gasteiger charge is 2.29. The number of hydrogen-bond donors (Lipinski definition) is 1. The molecule has 2 atom stereocenters. The number of hydrogen-bond acceptors (Lipinski definition) is 3. The summed E-state index contributed by atoms with van der Waals surface area (Å²) in [7, 11) is -2.85. The van der Waals surface area contributed by atoms with Crippen LogP contribution in [0.25, 0.3) is 0 Å². The van der Waals surface area contributed by atoms with E-state index in [2.05, 4.69) is 17.5 Å². The van der Waals surface area contributed by atoms with E-state index in [4.69, 9.17) is 0 Å². The molecule has 0 aromatic rings. The molecule has 0 bridgehead atoms. The first-order valence-corrected chi connectivity index (χ1v) is 8.11. The predicted molar refractivity (Wildman–Crippen MR) is 66.2 cm³/mol. The highest BCUT2D eigenvalue weighted by molar-refractivity contribution is 7.91. The third kappa shape index (κ3) is 3.08. The van der Waals surface area contributed by atoms with Crippen LogP contribution in [0.2, 0.25) is 0 Å². The molecule has 2 aliphatic rings. The Hall–Kier alpha value is -0.350. The zero-order valence-electron chi connectivity index (χ0n) is 9.85. The summed E-state index contributed by atoms with van der Waals surface area (Å²) in [6.07, 6.45) is 11.8. The molecule has 0 aliphatic heterocycles. The van der Waals surface area contributed by atoms with E-state index in [1.54, 1.807) is 0 Å². The van der Waals surface area contributed by atoms with Crippen LogP contribution in [0, 0.1) is 0 Å². The number of sulfone groups is 1. The van der Waals surface area contributed by atoms with E-state index < -0.39 is 9.84 Å². The van der Waals surface area contributed by atoms with Crippen molar-refractivity contribution in [3.8, 4) is 0 Å². The Morgan fingerprint density at radius 2 is 1.81 bits per heavy atom. The summed E-state index contributed by atoms with van der Waals surface area (Å²) >= 11 is 0. The molecule has 0 saturated heterocycles. The van der Waals surface area contributed by atoms with E-state index in [1.807, 2.05) is 0 Å². The molecule has 0 aromatic heterocycles. The van der Waals surface area contributed by atoms with Gasteiger partial charge in [-0.05, 0) is 32.1 Å². The van der Waals surface area contributed by atoms with Gasteiger partial charge in [-0.1, -0.05) is 18.6 Å². The molecule has 0 heterocycles. The second-order valence-electron chi connectivity index (χ2n) is 5.12. The van der Waals surface area contributed by atoms with Crippen molar-refractivity contribution in [3.05, 3.63) is 12.2 Å². The predicted octanol–water partition coefficient (Wildman–Crippen LogP) is 1.65. The average molecular weight is 243 g/mol. The van der Waals surface area contributed by atoms with Crippen LogP contribution in [-0.4, -0.2) is 32.0 Å². The highest BCUT2D eigenvalue weighted by Crippen LogP contribution is 2.25. The Morgan fingerprint density at radius 1 is 1.12 bits per heavy atom. The van der Waals surface area contributed by atoms with Crippen molar-refractivity contribution in [1.82, 2.24) is 5.32 Å². The minimum Gasteiger partial charge on any atom is -0.311 e. The van der Waals surface area contributed by atoms with Gasteiger partial charge in [0.15, 0.2) is 0 Å². The molecule has 1 fully saturated rings. The lowest BCUT2D eigenvalue weighted by molar-refractivity contribution is 0.340. The smallest absolute Gasteiger partial charge is 0.150 e. The average Bonchev–Trinajstić information content (AvgIpc) is 2.70. The van der Waals surface area contributed by atoms with Crippen LogP contribution in [0.15, 0.2) is 12.2 Å². The first-order valence-electron chi connectivity index (χ1n) is 6.15. The standard InChI is InChI=1S/C12H21NO2S/c1-16(14,15)12-8-4-7-11(9-12)13-10-5-2-3-6-10/h2-3,10-13H,4-9H2,1H3. The van der Waals surface area contributed by atoms with Gasteiger partial charge in [0.25, 0.3) is 0 Å². The van der Waals surface area contributed by atoms with Gasteiger partial charge in [-0.25, -0.2) is 8.42 Å². The summed E-state index contributed by atoms with van der Waals surface area (Å²) in [5.74, 6) is 0. The summed E-state index contributed by atoms with van der Waals surface area (Å²) < 4.78 is 23.1. The molecule has 0 aromatic carbocycles. The van der Waals surface area contributed by atoms with Crippen LogP contribution < -0.4 is 5.32 Å². The lowest BCUT2D eigenvalue weighted by atomic mass is 9.94. The Bertz CT molecular complexity index is 353. The molecular weight excluding hydrogens is 222 g/mol. The maximum Gasteiger partial charge on any atom is 0.150 e. The Balaban J connectivity index is 1.87. The van der Waals surface area contributed by atoms with Crippen LogP contribution in [0.4, 0.5) is 0 Å². The normalized spacial score (nSPS) is 32.1. The monoisotopic (exact) mass is 243 g/mol. The van der Waals surface area contributed by atoms with Crippen molar-refractivity contribution < 1.29 is 8.42 Å². The third-order valence-electron chi connectivity index (χ3n) is 3.71. The van der Waals surface area contributed by atoms with Gasteiger partial charge in [-0.15, -0.1) is 0 Å². The quantitative estimate of drug-likeness (QED) is 0.767. The lowest BCUT2D eigenvalue weighted by Gasteiger charge is -2.30. The van der Waals surface area contributed by atoms with E-state index in [0.717, 1.165) is 38.5 Å². The fraction of sp³-hybridized carbons (Fsp3) is 0.833. The molecule has 0 spiro atoms. The van der Waals surface area contributed by atoms with Gasteiger partial charge in [0, 0.05) is 18.3 Å². The topological polar surface area (TPSA) is 46.2 Å². The SMILES string of the molecule is CS(=O)(=O)C1CCCC(NC2CC=CC2)C1. The molecular formula is C12H21NO2S. The molecule has 1 saturated carbocycles. The van der Waals surface area contributed by atoms with Crippen molar-refractivity contribution in [1.29, 1.82) is 0 Å². The van der Waals surface area contributed by atoms with E-state index in [-0.39, 0.29) is 5.25 Å². The molecule has 16 heavy (non-hydrogen) atoms. The largest absolute Gasteiger partial charge is 0.311 e. The fourth-order valence-corrected chi connectivity index (χ4v) is 3.95. The Labute approximate surface area is 98.2 Å². The van der Waals surface area contributed by atoms with Crippen LogP contribution >= 0.6 is 0 Å². The summed E-state index contributed by atoms with van der Waals surface area (Å²) in [6, 6.07) is 0.946. The fourth-order valence-electron chi connectivity index (χ4n) is 2.77. The second-order valence-corrected chi connectivity index (χ2v) is 7.45. The van der Waals surface area contributed by atoms with E-state index >= 15 is 0 Å². The summed E-state index contributed by atoms with van der Waals surface area (Å²) in [5.41, 5.74) is 0. The zero-order chi connectivity index (χ0) is 11.6. The van der Waals surface area contributed by atoms with Gasteiger partial charge < -0.3 is 5.32 Å². The molecule has 0 amide bonds. The Kier molecular flexibility index (Phi) is 3.70. The zero-order valence-corrected chi connectivity index (χ0v) is 10.7. The number of nitrogens with one attached hydrogen (secondary N) is 1. The van der Waals surface area contributed by atoms with Crippen molar-refractivity contribution in [2.24, 2.45) is 0 Å². The van der Waals surface area contributed by atoms with Gasteiger partial charge in [-0.2, -0.15) is 0 Å². The van der Waals surface area contributed by atoms with E-state index in [9.17, 15) is 8.42 Å². The van der Waals surface area contributed by atoms with Gasteiger partial charge in [-0.3, -0.25) is 0 Å². The van der Waals surface area contributed by atoms with Gasteiger partial charge in [0.2, 0.25) is 0 Å². The third-order valence-corrected chi connectivity index (χ3v) is 5.35. The van der Waals surface area contributed by atoms with Gasteiger partial charge in [0.05, 0.1) is 5.25 Å². The van der Waals surface area contributed by atoms with E-state index in [0.29, 0.717) is 12.1 Å². The van der Waals surface area contributed by atoms with Crippen molar-refractivity contribution in [2.45, 2.75) is 55.9 Å². The number of rotatable bonds is 3. The van der Waals surface area contributed by atoms with Gasteiger partial charge in [0.1, 0.15) is 9.84 Å². The van der Waals surface area contributed by atoms with Crippen LogP contribution in [0.5, 0.6) is 0 Å². The summed E-state index contributed by atoms with van der Waals surface area (Å²) in [4.78, 5) is 0. The van der Waals surface area contributed by atoms with Crippen molar-refractivity contribution >= 4 is 9.84 Å². The lowest BCUT2D eigenvalue weighted by Crippen LogP contribution is -2.42. The van der Waals surface area contributed by atoms with Crippen molar-refractivity contribution in [3.63, 3.8) is 0 Å². The molecule has 4 heteroatoms. The first kappa shape index (κ1) is 12.1. The molecule has 3 nitrogen and oxygen atoms in total. The second kappa shape index (κ2) is 4.88. The molecule has 2 rings (SSSR count). The molecule has 2 aliphatic carbocycles. The van der Waals surface area contributed by atoms with Crippen LogP contribution in [0.1, 0.15) is 38.5 Å². The maximum atomic E-state index is 11.5. The summed E-state index contributed by atoms with van der Waals surface area (Å²) in [5, 5.41) is 3.48. The first-order chi connectivity index (χ1) is 7.55. The van der Waals surface area contributed by atoms with Gasteiger partial charge >= 0.3 is 0 Å². The van der Waals surface area contributed by atoms with Crippen LogP contribution in [0.3, 0.4) is 0 Å². The minimum atomic E-state index is -2.85. The molecule has 92 valence electrons. The van der Waals surface area contributed by atoms with Crippen molar-refractivity contribution in [2.75, 3.05) is 6.26 Å². The molecule has 0 radical (unpaired) electrons. The van der Waals surface area contributed by atoms with Crippen LogP contribution in [-0.2, 0) is 9.84 Å². The Morgan fingerprint density at radius 3 is 2.44 bits per heavy atom. The summed E-state index contributed by atoms with van der Waals surface area (Å²) in [6.45, 7) is 0.